The molecule has 7 heteroatoms. The summed E-state index contributed by atoms with van der Waals surface area (Å²) < 4.78 is 0. The van der Waals surface area contributed by atoms with Crippen molar-refractivity contribution < 1.29 is 14.5 Å². The average Bonchev–Trinajstić information content (AvgIpc) is 3.00. The topological polar surface area (TPSA) is 83.8 Å². The van der Waals surface area contributed by atoms with Gasteiger partial charge in [0.25, 0.3) is 17.5 Å². The Balaban J connectivity index is 1.85. The highest BCUT2D eigenvalue weighted by Gasteiger charge is 2.43. The Hall–Kier alpha value is -3.48. The molecule has 1 saturated heterocycles. The van der Waals surface area contributed by atoms with Crippen LogP contribution in [-0.4, -0.2) is 34.7 Å². The van der Waals surface area contributed by atoms with Crippen LogP contribution in [0.4, 0.5) is 11.4 Å². The van der Waals surface area contributed by atoms with Crippen molar-refractivity contribution in [3.8, 4) is 0 Å². The van der Waals surface area contributed by atoms with E-state index in [-0.39, 0.29) is 17.5 Å². The molecule has 2 aliphatic rings. The molecule has 0 aliphatic carbocycles. The standard InChI is InChI=1S/C24H25N3O4/c1-15-6-5-13-25(14-15)22-21(18-9-11-19(12-10-18)27(30)31)23(28)26(24(22)29)20-8-4-7-16(2)17(20)3/h4,7-12,15H,5-6,13-14H2,1-3H3. The van der Waals surface area contributed by atoms with Crippen LogP contribution in [0.1, 0.15) is 36.5 Å². The van der Waals surface area contributed by atoms with Crippen molar-refractivity contribution in [1.29, 1.82) is 0 Å². The van der Waals surface area contributed by atoms with Crippen LogP contribution in [0.5, 0.6) is 0 Å². The van der Waals surface area contributed by atoms with Crippen molar-refractivity contribution in [2.75, 3.05) is 18.0 Å². The number of carbonyl (C=O) groups excluding carboxylic acids is 2. The molecule has 2 aliphatic heterocycles. The summed E-state index contributed by atoms with van der Waals surface area (Å²) >= 11 is 0. The number of hydrogen-bond acceptors (Lipinski definition) is 5. The van der Waals surface area contributed by atoms with E-state index in [1.807, 2.05) is 30.9 Å². The fourth-order valence-corrected chi connectivity index (χ4v) is 4.41. The Morgan fingerprint density at radius 1 is 1.03 bits per heavy atom. The molecular weight excluding hydrogens is 394 g/mol. The summed E-state index contributed by atoms with van der Waals surface area (Å²) in [5.74, 6) is -0.307. The minimum absolute atomic E-state index is 0.0550. The number of amides is 2. The average molecular weight is 419 g/mol. The summed E-state index contributed by atoms with van der Waals surface area (Å²) in [5, 5.41) is 11.1. The molecule has 1 fully saturated rings. The number of benzene rings is 2. The van der Waals surface area contributed by atoms with E-state index in [4.69, 9.17) is 0 Å². The number of nitrogens with zero attached hydrogens (tertiary/aromatic N) is 3. The number of carbonyl (C=O) groups is 2. The first-order chi connectivity index (χ1) is 14.8. The normalized spacial score (nSPS) is 19.4. The van der Waals surface area contributed by atoms with Gasteiger partial charge in [0, 0.05) is 25.2 Å². The molecule has 160 valence electrons. The van der Waals surface area contributed by atoms with Gasteiger partial charge in [0.05, 0.1) is 16.2 Å². The molecule has 0 radical (unpaired) electrons. The molecule has 0 aromatic heterocycles. The van der Waals surface area contributed by atoms with Gasteiger partial charge in [-0.2, -0.15) is 0 Å². The van der Waals surface area contributed by atoms with Gasteiger partial charge in [0.15, 0.2) is 0 Å². The van der Waals surface area contributed by atoms with Gasteiger partial charge in [-0.3, -0.25) is 19.7 Å². The minimum atomic E-state index is -0.477. The first-order valence-electron chi connectivity index (χ1n) is 10.5. The summed E-state index contributed by atoms with van der Waals surface area (Å²) in [4.78, 5) is 41.1. The van der Waals surface area contributed by atoms with E-state index in [1.54, 1.807) is 18.2 Å². The monoisotopic (exact) mass is 419 g/mol. The minimum Gasteiger partial charge on any atom is -0.366 e. The number of piperidine rings is 1. The van der Waals surface area contributed by atoms with E-state index in [0.29, 0.717) is 41.5 Å². The van der Waals surface area contributed by atoms with Crippen molar-refractivity contribution in [1.82, 2.24) is 4.90 Å². The van der Waals surface area contributed by atoms with E-state index < -0.39 is 4.92 Å². The number of likely N-dealkylation sites (tertiary alicyclic amines) is 1. The van der Waals surface area contributed by atoms with Gasteiger partial charge < -0.3 is 4.90 Å². The summed E-state index contributed by atoms with van der Waals surface area (Å²) in [5.41, 5.74) is 3.62. The number of aryl methyl sites for hydroxylation is 1. The van der Waals surface area contributed by atoms with E-state index >= 15 is 0 Å². The SMILES string of the molecule is Cc1cccc(N2C(=O)C(c3ccc([N+](=O)[O-])cc3)=C(N3CCCC(C)C3)C2=O)c1C. The van der Waals surface area contributed by atoms with Crippen LogP contribution in [0.2, 0.25) is 0 Å². The maximum Gasteiger partial charge on any atom is 0.282 e. The second kappa shape index (κ2) is 7.98. The van der Waals surface area contributed by atoms with Crippen LogP contribution in [0.25, 0.3) is 5.57 Å². The van der Waals surface area contributed by atoms with Crippen molar-refractivity contribution in [3.63, 3.8) is 0 Å². The van der Waals surface area contributed by atoms with Gasteiger partial charge in [0.2, 0.25) is 0 Å². The van der Waals surface area contributed by atoms with Gasteiger partial charge in [-0.05, 0) is 67.5 Å². The second-order valence-corrected chi connectivity index (χ2v) is 8.39. The van der Waals surface area contributed by atoms with Gasteiger partial charge in [-0.25, -0.2) is 4.90 Å². The summed E-state index contributed by atoms with van der Waals surface area (Å²) in [6, 6.07) is 11.4. The van der Waals surface area contributed by atoms with Crippen LogP contribution < -0.4 is 4.90 Å². The first kappa shape index (κ1) is 20.8. The maximum atomic E-state index is 13.6. The lowest BCUT2D eigenvalue weighted by molar-refractivity contribution is -0.384. The smallest absolute Gasteiger partial charge is 0.282 e. The second-order valence-electron chi connectivity index (χ2n) is 8.39. The van der Waals surface area contributed by atoms with Gasteiger partial charge in [-0.1, -0.05) is 19.1 Å². The molecule has 0 N–H and O–H groups in total. The molecule has 4 rings (SSSR count). The summed E-state index contributed by atoms with van der Waals surface area (Å²) in [6.45, 7) is 7.39. The highest BCUT2D eigenvalue weighted by Crippen LogP contribution is 2.38. The zero-order valence-corrected chi connectivity index (χ0v) is 17.9. The Kier molecular flexibility index (Phi) is 5.35. The molecule has 0 bridgehead atoms. The number of nitro groups is 1. The molecular formula is C24H25N3O4. The molecule has 31 heavy (non-hydrogen) atoms. The summed E-state index contributed by atoms with van der Waals surface area (Å²) in [6.07, 6.45) is 2.03. The first-order valence-corrected chi connectivity index (χ1v) is 10.5. The van der Waals surface area contributed by atoms with E-state index in [0.717, 1.165) is 24.0 Å². The molecule has 0 saturated carbocycles. The fourth-order valence-electron chi connectivity index (χ4n) is 4.41. The molecule has 1 atom stereocenters. The van der Waals surface area contributed by atoms with Crippen LogP contribution in [-0.2, 0) is 9.59 Å². The van der Waals surface area contributed by atoms with Crippen molar-refractivity contribution in [2.45, 2.75) is 33.6 Å². The lowest BCUT2D eigenvalue weighted by Gasteiger charge is -2.33. The Morgan fingerprint density at radius 3 is 2.39 bits per heavy atom. The quantitative estimate of drug-likeness (QED) is 0.421. The number of imide groups is 1. The van der Waals surface area contributed by atoms with E-state index in [2.05, 4.69) is 6.92 Å². The van der Waals surface area contributed by atoms with Crippen molar-refractivity contribution in [2.24, 2.45) is 5.92 Å². The summed E-state index contributed by atoms with van der Waals surface area (Å²) in [7, 11) is 0. The lowest BCUT2D eigenvalue weighted by atomic mass is 9.97. The van der Waals surface area contributed by atoms with E-state index in [1.165, 1.54) is 17.0 Å². The number of rotatable bonds is 4. The fraction of sp³-hybridized carbons (Fsp3) is 0.333. The van der Waals surface area contributed by atoms with Crippen LogP contribution >= 0.6 is 0 Å². The van der Waals surface area contributed by atoms with Crippen LogP contribution in [0.3, 0.4) is 0 Å². The van der Waals surface area contributed by atoms with Gasteiger partial charge in [-0.15, -0.1) is 0 Å². The zero-order chi connectivity index (χ0) is 22.3. The molecule has 1 unspecified atom stereocenters. The maximum absolute atomic E-state index is 13.6. The van der Waals surface area contributed by atoms with Crippen LogP contribution in [0.15, 0.2) is 48.2 Å². The molecule has 0 spiro atoms. The third-order valence-electron chi connectivity index (χ3n) is 6.22. The predicted octanol–water partition coefficient (Wildman–Crippen LogP) is 4.23. The molecule has 2 aromatic carbocycles. The van der Waals surface area contributed by atoms with Crippen LogP contribution in [0, 0.1) is 29.9 Å². The van der Waals surface area contributed by atoms with Gasteiger partial charge in [0.1, 0.15) is 5.70 Å². The zero-order valence-electron chi connectivity index (χ0n) is 17.9. The highest BCUT2D eigenvalue weighted by molar-refractivity contribution is 6.45. The third-order valence-corrected chi connectivity index (χ3v) is 6.22. The molecule has 7 nitrogen and oxygen atoms in total. The molecule has 2 amide bonds. The highest BCUT2D eigenvalue weighted by atomic mass is 16.6. The number of non-ortho nitro benzene ring substituents is 1. The Morgan fingerprint density at radius 2 is 1.74 bits per heavy atom. The van der Waals surface area contributed by atoms with E-state index in [9.17, 15) is 19.7 Å². The molecule has 2 heterocycles. The number of hydrogen-bond donors (Lipinski definition) is 0. The van der Waals surface area contributed by atoms with Crippen molar-refractivity contribution >= 4 is 28.8 Å². The number of anilines is 1. The van der Waals surface area contributed by atoms with Crippen molar-refractivity contribution in [3.05, 3.63) is 75.0 Å². The molecule has 2 aromatic rings. The Bertz CT molecular complexity index is 1100. The van der Waals surface area contributed by atoms with Gasteiger partial charge >= 0.3 is 0 Å². The largest absolute Gasteiger partial charge is 0.366 e. The predicted molar refractivity (Wildman–Crippen MR) is 118 cm³/mol. The Labute approximate surface area is 181 Å². The lowest BCUT2D eigenvalue weighted by Crippen LogP contribution is -2.39. The number of nitro benzene ring substituents is 1. The third kappa shape index (κ3) is 3.60.